The van der Waals surface area contributed by atoms with Crippen LogP contribution in [0, 0.1) is 5.92 Å². The summed E-state index contributed by atoms with van der Waals surface area (Å²) in [5.41, 5.74) is 1.46. The van der Waals surface area contributed by atoms with Crippen molar-refractivity contribution < 1.29 is 14.6 Å². The van der Waals surface area contributed by atoms with Gasteiger partial charge in [0.25, 0.3) is 0 Å². The Morgan fingerprint density at radius 1 is 1.17 bits per heavy atom. The predicted octanol–water partition coefficient (Wildman–Crippen LogP) is 2.64. The van der Waals surface area contributed by atoms with Gasteiger partial charge in [-0.05, 0) is 56.1 Å². The van der Waals surface area contributed by atoms with Gasteiger partial charge in [0, 0.05) is 5.56 Å². The number of rotatable bonds is 5. The molecule has 2 N–H and O–H groups in total. The number of benzene rings is 1. The number of nitrogens with zero attached hydrogens (tertiary/aromatic N) is 2. The number of piperidine rings is 1. The maximum atomic E-state index is 10.8. The standard InChI is InChI=1S/C17H19N3O3.ClH/c21-17(22)16-10-19-15(9-20-16)13-1-3-14(4-2-13)23-11-12-5-7-18-8-6-12;/h1-4,9-10,12,18H,5-8,11H2,(H,21,22);1H. The summed E-state index contributed by atoms with van der Waals surface area (Å²) in [6.07, 6.45) is 5.04. The topological polar surface area (TPSA) is 84.3 Å². The number of ether oxygens (including phenoxy) is 1. The number of hydrogen-bond acceptors (Lipinski definition) is 5. The molecule has 6 nitrogen and oxygen atoms in total. The Morgan fingerprint density at radius 3 is 2.46 bits per heavy atom. The fourth-order valence-corrected chi connectivity index (χ4v) is 2.57. The second kappa shape index (κ2) is 8.61. The molecule has 1 saturated heterocycles. The summed E-state index contributed by atoms with van der Waals surface area (Å²) >= 11 is 0. The zero-order chi connectivity index (χ0) is 16.1. The molecule has 0 radical (unpaired) electrons. The molecule has 0 aliphatic carbocycles. The lowest BCUT2D eigenvalue weighted by Gasteiger charge is -2.22. The molecule has 0 saturated carbocycles. The zero-order valence-corrected chi connectivity index (χ0v) is 14.0. The van der Waals surface area contributed by atoms with Crippen LogP contribution in [0.5, 0.6) is 5.75 Å². The molecule has 1 aromatic heterocycles. The number of aromatic carboxylic acids is 1. The number of carbonyl (C=O) groups is 1. The zero-order valence-electron chi connectivity index (χ0n) is 13.1. The first kappa shape index (κ1) is 18.2. The first-order chi connectivity index (χ1) is 11.2. The van der Waals surface area contributed by atoms with Crippen LogP contribution in [0.4, 0.5) is 0 Å². The van der Waals surface area contributed by atoms with Crippen molar-refractivity contribution in [2.24, 2.45) is 5.92 Å². The van der Waals surface area contributed by atoms with E-state index >= 15 is 0 Å². The second-order valence-corrected chi connectivity index (χ2v) is 5.62. The molecule has 1 fully saturated rings. The molecule has 1 aliphatic rings. The van der Waals surface area contributed by atoms with Crippen molar-refractivity contribution in [3.8, 4) is 17.0 Å². The summed E-state index contributed by atoms with van der Waals surface area (Å²) < 4.78 is 5.85. The first-order valence-corrected chi connectivity index (χ1v) is 7.71. The molecule has 128 valence electrons. The van der Waals surface area contributed by atoms with E-state index in [2.05, 4.69) is 15.3 Å². The van der Waals surface area contributed by atoms with E-state index in [4.69, 9.17) is 9.84 Å². The third kappa shape index (κ3) is 4.66. The Labute approximate surface area is 146 Å². The highest BCUT2D eigenvalue weighted by Gasteiger charge is 2.13. The van der Waals surface area contributed by atoms with Crippen LogP contribution in [0.1, 0.15) is 23.3 Å². The molecule has 2 heterocycles. The van der Waals surface area contributed by atoms with Crippen LogP contribution in [0.25, 0.3) is 11.3 Å². The molecule has 1 aliphatic heterocycles. The van der Waals surface area contributed by atoms with Crippen molar-refractivity contribution in [1.29, 1.82) is 0 Å². The van der Waals surface area contributed by atoms with Crippen LogP contribution in [0.2, 0.25) is 0 Å². The lowest BCUT2D eigenvalue weighted by atomic mass is 9.99. The maximum Gasteiger partial charge on any atom is 0.356 e. The van der Waals surface area contributed by atoms with Gasteiger partial charge in [-0.15, -0.1) is 12.4 Å². The minimum atomic E-state index is -1.08. The lowest BCUT2D eigenvalue weighted by Crippen LogP contribution is -2.30. The van der Waals surface area contributed by atoms with Crippen molar-refractivity contribution in [3.05, 3.63) is 42.4 Å². The van der Waals surface area contributed by atoms with E-state index in [1.807, 2.05) is 24.3 Å². The third-order valence-corrected chi connectivity index (χ3v) is 3.97. The SMILES string of the molecule is Cl.O=C(O)c1cnc(-c2ccc(OCC3CCNCC3)cc2)cn1. The third-order valence-electron chi connectivity index (χ3n) is 3.97. The van der Waals surface area contributed by atoms with Crippen molar-refractivity contribution in [3.63, 3.8) is 0 Å². The van der Waals surface area contributed by atoms with Gasteiger partial charge in [-0.2, -0.15) is 0 Å². The molecular weight excluding hydrogens is 330 g/mol. The number of hydrogen-bond donors (Lipinski definition) is 2. The van der Waals surface area contributed by atoms with E-state index < -0.39 is 5.97 Å². The highest BCUT2D eigenvalue weighted by atomic mass is 35.5. The van der Waals surface area contributed by atoms with Crippen molar-refractivity contribution in [2.75, 3.05) is 19.7 Å². The summed E-state index contributed by atoms with van der Waals surface area (Å²) in [7, 11) is 0. The Bertz CT molecular complexity index is 656. The highest BCUT2D eigenvalue weighted by Crippen LogP contribution is 2.21. The summed E-state index contributed by atoms with van der Waals surface area (Å²) in [4.78, 5) is 18.8. The van der Waals surface area contributed by atoms with Crippen molar-refractivity contribution >= 4 is 18.4 Å². The average molecular weight is 350 g/mol. The highest BCUT2D eigenvalue weighted by molar-refractivity contribution is 5.85. The van der Waals surface area contributed by atoms with E-state index in [1.54, 1.807) is 0 Å². The van der Waals surface area contributed by atoms with Crippen LogP contribution in [0.3, 0.4) is 0 Å². The molecule has 0 unspecified atom stereocenters. The first-order valence-electron chi connectivity index (χ1n) is 7.71. The van der Waals surface area contributed by atoms with E-state index in [-0.39, 0.29) is 18.1 Å². The molecule has 1 aromatic carbocycles. The van der Waals surface area contributed by atoms with Gasteiger partial charge in [0.05, 0.1) is 24.7 Å². The van der Waals surface area contributed by atoms with Crippen LogP contribution in [0.15, 0.2) is 36.7 Å². The fraction of sp³-hybridized carbons (Fsp3) is 0.353. The quantitative estimate of drug-likeness (QED) is 0.863. The largest absolute Gasteiger partial charge is 0.493 e. The number of halogens is 1. The van der Waals surface area contributed by atoms with E-state index in [9.17, 15) is 4.79 Å². The van der Waals surface area contributed by atoms with Gasteiger partial charge in [0.1, 0.15) is 5.75 Å². The Kier molecular flexibility index (Phi) is 6.52. The molecule has 0 spiro atoms. The minimum Gasteiger partial charge on any atom is -0.493 e. The van der Waals surface area contributed by atoms with Crippen molar-refractivity contribution in [1.82, 2.24) is 15.3 Å². The monoisotopic (exact) mass is 349 g/mol. The second-order valence-electron chi connectivity index (χ2n) is 5.62. The van der Waals surface area contributed by atoms with Gasteiger partial charge < -0.3 is 15.2 Å². The van der Waals surface area contributed by atoms with Crippen LogP contribution in [-0.4, -0.2) is 40.7 Å². The molecule has 0 bridgehead atoms. The average Bonchev–Trinajstić information content (AvgIpc) is 2.61. The summed E-state index contributed by atoms with van der Waals surface area (Å²) in [6, 6.07) is 7.62. The fourth-order valence-electron chi connectivity index (χ4n) is 2.57. The van der Waals surface area contributed by atoms with Gasteiger partial charge in [0.2, 0.25) is 0 Å². The van der Waals surface area contributed by atoms with Gasteiger partial charge in [-0.1, -0.05) is 0 Å². The van der Waals surface area contributed by atoms with Crippen LogP contribution >= 0.6 is 12.4 Å². The van der Waals surface area contributed by atoms with Gasteiger partial charge in [0.15, 0.2) is 5.69 Å². The number of nitrogens with one attached hydrogen (secondary N) is 1. The summed E-state index contributed by atoms with van der Waals surface area (Å²) in [5.74, 6) is 0.374. The molecule has 3 rings (SSSR count). The Morgan fingerprint density at radius 2 is 1.88 bits per heavy atom. The normalized spacial score (nSPS) is 14.7. The molecule has 7 heteroatoms. The van der Waals surface area contributed by atoms with E-state index in [0.717, 1.165) is 43.9 Å². The molecule has 2 aromatic rings. The van der Waals surface area contributed by atoms with E-state index in [0.29, 0.717) is 11.6 Å². The van der Waals surface area contributed by atoms with Crippen LogP contribution < -0.4 is 10.1 Å². The van der Waals surface area contributed by atoms with Crippen LogP contribution in [-0.2, 0) is 0 Å². The smallest absolute Gasteiger partial charge is 0.356 e. The molecular formula is C17H20ClN3O3. The Balaban J connectivity index is 0.00000208. The van der Waals surface area contributed by atoms with Gasteiger partial charge in [-0.3, -0.25) is 4.98 Å². The van der Waals surface area contributed by atoms with Gasteiger partial charge in [-0.25, -0.2) is 9.78 Å². The predicted molar refractivity (Wildman–Crippen MR) is 92.8 cm³/mol. The summed E-state index contributed by atoms with van der Waals surface area (Å²) in [6.45, 7) is 2.88. The van der Waals surface area contributed by atoms with E-state index in [1.165, 1.54) is 12.4 Å². The number of carboxylic acid groups (broad SMARTS) is 1. The van der Waals surface area contributed by atoms with Gasteiger partial charge >= 0.3 is 5.97 Å². The van der Waals surface area contributed by atoms with Crippen molar-refractivity contribution in [2.45, 2.75) is 12.8 Å². The Hall–Kier alpha value is -2.18. The number of aromatic nitrogens is 2. The summed E-state index contributed by atoms with van der Waals surface area (Å²) in [5, 5.41) is 12.2. The maximum absolute atomic E-state index is 10.8. The molecule has 24 heavy (non-hydrogen) atoms. The number of carboxylic acids is 1. The molecule has 0 atom stereocenters. The minimum absolute atomic E-state index is 0. The molecule has 0 amide bonds. The lowest BCUT2D eigenvalue weighted by molar-refractivity contribution is 0.0690.